The van der Waals surface area contributed by atoms with Gasteiger partial charge in [-0.05, 0) is 70.6 Å². The van der Waals surface area contributed by atoms with Gasteiger partial charge < -0.3 is 15.5 Å². The van der Waals surface area contributed by atoms with Crippen LogP contribution < -0.4 is 5.32 Å². The first-order valence-electron chi connectivity index (χ1n) is 27.5. The van der Waals surface area contributed by atoms with Crippen LogP contribution in [-0.2, 0) is 4.79 Å². The second-order valence-electron chi connectivity index (χ2n) is 18.6. The van der Waals surface area contributed by atoms with Crippen LogP contribution in [0.25, 0.3) is 0 Å². The van der Waals surface area contributed by atoms with Gasteiger partial charge in [-0.3, -0.25) is 4.79 Å². The molecule has 1 amide bonds. The minimum Gasteiger partial charge on any atom is -0.394 e. The van der Waals surface area contributed by atoms with Crippen LogP contribution in [0.3, 0.4) is 0 Å². The van der Waals surface area contributed by atoms with Crippen LogP contribution >= 0.6 is 0 Å². The number of unbranched alkanes of at least 4 members (excludes halogenated alkanes) is 35. The van der Waals surface area contributed by atoms with Gasteiger partial charge in [0, 0.05) is 6.42 Å². The number of carbonyl (C=O) groups excluding carboxylic acids is 1. The third kappa shape index (κ3) is 49.1. The molecule has 2 unspecified atom stereocenters. The number of allylic oxidation sites excluding steroid dienone is 9. The highest BCUT2D eigenvalue weighted by Gasteiger charge is 2.18. The van der Waals surface area contributed by atoms with E-state index in [4.69, 9.17) is 0 Å². The number of aliphatic hydroxyl groups is 2. The molecule has 4 nitrogen and oxygen atoms in total. The molecule has 0 aromatic rings. The number of amides is 1. The first kappa shape index (κ1) is 60.1. The van der Waals surface area contributed by atoms with Crippen LogP contribution in [0.2, 0.25) is 0 Å². The van der Waals surface area contributed by atoms with E-state index in [0.29, 0.717) is 6.42 Å². The van der Waals surface area contributed by atoms with Crippen LogP contribution in [0.1, 0.15) is 284 Å². The summed E-state index contributed by atoms with van der Waals surface area (Å²) in [5.41, 5.74) is 0. The lowest BCUT2D eigenvalue weighted by atomic mass is 10.0. The quantitative estimate of drug-likeness (QED) is 0.0421. The van der Waals surface area contributed by atoms with Crippen molar-refractivity contribution < 1.29 is 15.0 Å². The Labute approximate surface area is 387 Å². The van der Waals surface area contributed by atoms with E-state index < -0.39 is 12.1 Å². The molecule has 0 aliphatic rings. The summed E-state index contributed by atoms with van der Waals surface area (Å²) in [6.45, 7) is 4.24. The van der Waals surface area contributed by atoms with Crippen LogP contribution in [0.4, 0.5) is 0 Å². The van der Waals surface area contributed by atoms with Gasteiger partial charge in [0.15, 0.2) is 0 Å². The van der Waals surface area contributed by atoms with E-state index in [1.807, 2.05) is 6.08 Å². The molecule has 0 bridgehead atoms. The molecule has 0 aliphatic heterocycles. The Bertz CT molecular complexity index is 1030. The predicted octanol–water partition coefficient (Wildman–Crippen LogP) is 18.0. The minimum atomic E-state index is -0.859. The molecule has 0 aromatic heterocycles. The van der Waals surface area contributed by atoms with Crippen molar-refractivity contribution in [3.05, 3.63) is 60.8 Å². The Morgan fingerprint density at radius 1 is 0.387 bits per heavy atom. The average molecular weight is 866 g/mol. The third-order valence-electron chi connectivity index (χ3n) is 12.5. The molecule has 0 spiro atoms. The van der Waals surface area contributed by atoms with Gasteiger partial charge in [0.05, 0.1) is 18.8 Å². The lowest BCUT2D eigenvalue weighted by molar-refractivity contribution is -0.123. The Kier molecular flexibility index (Phi) is 51.8. The van der Waals surface area contributed by atoms with E-state index in [2.05, 4.69) is 67.8 Å². The van der Waals surface area contributed by atoms with Crippen molar-refractivity contribution in [3.63, 3.8) is 0 Å². The number of aliphatic hydroxyl groups excluding tert-OH is 2. The molecular weight excluding hydrogens is 759 g/mol. The molecule has 0 heterocycles. The first-order valence-corrected chi connectivity index (χ1v) is 27.5. The number of carbonyl (C=O) groups is 1. The van der Waals surface area contributed by atoms with Crippen molar-refractivity contribution in [2.24, 2.45) is 0 Å². The second kappa shape index (κ2) is 53.4. The van der Waals surface area contributed by atoms with Crippen LogP contribution in [-0.4, -0.2) is 34.9 Å². The number of hydrogen-bond donors (Lipinski definition) is 3. The van der Waals surface area contributed by atoms with Crippen molar-refractivity contribution >= 4 is 5.91 Å². The van der Waals surface area contributed by atoms with Gasteiger partial charge in [-0.2, -0.15) is 0 Å². The minimum absolute atomic E-state index is 0.0738. The zero-order chi connectivity index (χ0) is 44.9. The van der Waals surface area contributed by atoms with Crippen molar-refractivity contribution in [1.29, 1.82) is 0 Å². The van der Waals surface area contributed by atoms with Gasteiger partial charge in [0.2, 0.25) is 5.91 Å². The van der Waals surface area contributed by atoms with Crippen LogP contribution in [0, 0.1) is 0 Å². The van der Waals surface area contributed by atoms with E-state index in [0.717, 1.165) is 44.9 Å². The Balaban J connectivity index is 3.36. The molecule has 362 valence electrons. The fourth-order valence-corrected chi connectivity index (χ4v) is 8.26. The van der Waals surface area contributed by atoms with E-state index in [1.54, 1.807) is 6.08 Å². The van der Waals surface area contributed by atoms with Gasteiger partial charge in [-0.15, -0.1) is 0 Å². The van der Waals surface area contributed by atoms with E-state index in [9.17, 15) is 15.0 Å². The van der Waals surface area contributed by atoms with Gasteiger partial charge in [-0.25, -0.2) is 0 Å². The summed E-state index contributed by atoms with van der Waals surface area (Å²) in [6.07, 6.45) is 75.5. The molecule has 0 aromatic carbocycles. The lowest BCUT2D eigenvalue weighted by Crippen LogP contribution is -2.45. The smallest absolute Gasteiger partial charge is 0.220 e. The van der Waals surface area contributed by atoms with E-state index >= 15 is 0 Å². The summed E-state index contributed by atoms with van der Waals surface area (Å²) in [4.78, 5) is 12.4. The SMILES string of the molecule is CCCCC/C=C/CC/C=C/C(O)C(CO)NC(=O)CCCCCCCCCCCCCCCCCCCCCCCCCCCC/C=C\C/C=C\C/C=C\CCCCCCC. The molecule has 62 heavy (non-hydrogen) atoms. The fourth-order valence-electron chi connectivity index (χ4n) is 8.26. The van der Waals surface area contributed by atoms with Gasteiger partial charge >= 0.3 is 0 Å². The predicted molar refractivity (Wildman–Crippen MR) is 276 cm³/mol. The summed E-state index contributed by atoms with van der Waals surface area (Å²) in [5, 5.41) is 22.9. The highest BCUT2D eigenvalue weighted by Crippen LogP contribution is 2.17. The third-order valence-corrected chi connectivity index (χ3v) is 12.5. The molecule has 0 fully saturated rings. The largest absolute Gasteiger partial charge is 0.394 e. The molecular formula is C58H107NO3. The maximum Gasteiger partial charge on any atom is 0.220 e. The summed E-state index contributed by atoms with van der Waals surface area (Å²) >= 11 is 0. The van der Waals surface area contributed by atoms with Gasteiger partial charge in [0.25, 0.3) is 0 Å². The van der Waals surface area contributed by atoms with Gasteiger partial charge in [0.1, 0.15) is 0 Å². The lowest BCUT2D eigenvalue weighted by Gasteiger charge is -2.19. The standard InChI is InChI=1S/C58H107NO3/c1-3-5-7-9-11-13-14-15-16-17-18-19-20-21-22-23-24-25-26-27-28-29-30-31-32-33-34-35-36-37-38-39-40-41-42-43-44-46-48-50-52-54-58(62)59-56(55-60)57(61)53-51-49-47-45-12-10-8-6-4-2/h12,14-15,17-18,20-21,45,51,53,56-57,60-61H,3-11,13,16,19,22-44,46-50,52,54-55H2,1-2H3,(H,59,62)/b15-14-,18-17-,21-20-,45-12+,53-51+. The molecule has 2 atom stereocenters. The van der Waals surface area contributed by atoms with Crippen molar-refractivity contribution in [2.45, 2.75) is 296 Å². The maximum absolute atomic E-state index is 12.4. The molecule has 3 N–H and O–H groups in total. The second-order valence-corrected chi connectivity index (χ2v) is 18.6. The summed E-state index contributed by atoms with van der Waals surface area (Å²) in [5.74, 6) is -0.0738. The monoisotopic (exact) mass is 866 g/mol. The number of rotatable bonds is 50. The Morgan fingerprint density at radius 2 is 0.677 bits per heavy atom. The van der Waals surface area contributed by atoms with Crippen LogP contribution in [0.15, 0.2) is 60.8 Å². The molecule has 0 aliphatic carbocycles. The molecule has 4 heteroatoms. The maximum atomic E-state index is 12.4. The van der Waals surface area contributed by atoms with E-state index in [1.165, 1.54) is 218 Å². The average Bonchev–Trinajstić information content (AvgIpc) is 3.28. The first-order chi connectivity index (χ1) is 30.7. The highest BCUT2D eigenvalue weighted by molar-refractivity contribution is 5.76. The Morgan fingerprint density at radius 3 is 1.08 bits per heavy atom. The zero-order valence-electron chi connectivity index (χ0n) is 41.6. The molecule has 0 radical (unpaired) electrons. The topological polar surface area (TPSA) is 69.6 Å². The summed E-state index contributed by atoms with van der Waals surface area (Å²) < 4.78 is 0. The van der Waals surface area contributed by atoms with E-state index in [-0.39, 0.29) is 12.5 Å². The molecule has 0 saturated heterocycles. The molecule has 0 saturated carbocycles. The number of nitrogens with one attached hydrogen (secondary N) is 1. The summed E-state index contributed by atoms with van der Waals surface area (Å²) in [6, 6.07) is -0.636. The summed E-state index contributed by atoms with van der Waals surface area (Å²) in [7, 11) is 0. The number of hydrogen-bond acceptors (Lipinski definition) is 3. The Hall–Kier alpha value is -1.91. The normalized spacial score (nSPS) is 13.3. The van der Waals surface area contributed by atoms with Crippen molar-refractivity contribution in [1.82, 2.24) is 5.32 Å². The fraction of sp³-hybridized carbons (Fsp3) is 0.810. The van der Waals surface area contributed by atoms with Crippen molar-refractivity contribution in [3.8, 4) is 0 Å². The zero-order valence-corrected chi connectivity index (χ0v) is 41.6. The van der Waals surface area contributed by atoms with Gasteiger partial charge in [-0.1, -0.05) is 267 Å². The molecule has 0 rings (SSSR count). The van der Waals surface area contributed by atoms with Crippen molar-refractivity contribution in [2.75, 3.05) is 6.61 Å². The highest BCUT2D eigenvalue weighted by atomic mass is 16.3. The van der Waals surface area contributed by atoms with Crippen LogP contribution in [0.5, 0.6) is 0 Å².